The molecule has 3 rings (SSSR count). The van der Waals surface area contributed by atoms with Crippen LogP contribution in [0.4, 0.5) is 36.8 Å². The van der Waals surface area contributed by atoms with Gasteiger partial charge in [-0.05, 0) is 36.6 Å². The summed E-state index contributed by atoms with van der Waals surface area (Å²) in [6.07, 6.45) is -8.04. The molecule has 2 heterocycles. The maximum absolute atomic E-state index is 13.0. The van der Waals surface area contributed by atoms with Crippen LogP contribution in [-0.4, -0.2) is 52.9 Å². The first-order valence-corrected chi connectivity index (χ1v) is 10.6. The van der Waals surface area contributed by atoms with Crippen molar-refractivity contribution in [2.45, 2.75) is 31.7 Å². The maximum atomic E-state index is 13.0. The quantitative estimate of drug-likeness (QED) is 0.498. The number of urea groups is 1. The van der Waals surface area contributed by atoms with Crippen molar-refractivity contribution in [3.8, 4) is 5.88 Å². The first-order chi connectivity index (χ1) is 16.8. The minimum atomic E-state index is -5.08. The fourth-order valence-corrected chi connectivity index (χ4v) is 3.21. The lowest BCUT2D eigenvalue weighted by Gasteiger charge is -2.32. The Morgan fingerprint density at radius 2 is 1.78 bits per heavy atom. The van der Waals surface area contributed by atoms with Gasteiger partial charge < -0.3 is 25.8 Å². The Balaban J connectivity index is 0.000000572. The summed E-state index contributed by atoms with van der Waals surface area (Å²) in [7, 11) is 0. The van der Waals surface area contributed by atoms with Gasteiger partial charge in [-0.15, -0.1) is 0 Å². The van der Waals surface area contributed by atoms with Crippen molar-refractivity contribution < 1.29 is 45.8 Å². The van der Waals surface area contributed by atoms with E-state index >= 15 is 0 Å². The minimum Gasteiger partial charge on any atom is -0.477 e. The molecule has 1 fully saturated rings. The number of para-hydroxylation sites is 1. The van der Waals surface area contributed by atoms with Gasteiger partial charge >= 0.3 is 24.4 Å². The number of nitrogens with zero attached hydrogens (tertiary/aromatic N) is 2. The van der Waals surface area contributed by atoms with Crippen molar-refractivity contribution in [1.82, 2.24) is 9.88 Å². The number of pyridine rings is 1. The van der Waals surface area contributed by atoms with Crippen molar-refractivity contribution in [1.29, 1.82) is 0 Å². The third kappa shape index (κ3) is 9.24. The molecule has 1 atom stereocenters. The molecule has 0 aliphatic carbocycles. The summed E-state index contributed by atoms with van der Waals surface area (Å²) in [5, 5.41) is 9.97. The minimum absolute atomic E-state index is 0.00272. The zero-order valence-corrected chi connectivity index (χ0v) is 18.8. The number of carbonyl (C=O) groups excluding carboxylic acids is 1. The smallest absolute Gasteiger partial charge is 0.477 e. The Bertz CT molecular complexity index is 1020. The molecule has 1 aromatic carbocycles. The zero-order valence-electron chi connectivity index (χ0n) is 18.8. The summed E-state index contributed by atoms with van der Waals surface area (Å²) < 4.78 is 76.2. The van der Waals surface area contributed by atoms with Crippen LogP contribution in [0.25, 0.3) is 0 Å². The molecule has 1 aliphatic rings. The van der Waals surface area contributed by atoms with Crippen molar-refractivity contribution in [2.75, 3.05) is 25.0 Å². The summed E-state index contributed by atoms with van der Waals surface area (Å²) in [4.78, 5) is 26.6. The number of hydrogen-bond acceptors (Lipinski definition) is 5. The van der Waals surface area contributed by atoms with E-state index in [0.29, 0.717) is 24.3 Å². The molecule has 1 aliphatic heterocycles. The Kier molecular flexibility index (Phi) is 9.90. The lowest BCUT2D eigenvalue weighted by atomic mass is 9.99. The average Bonchev–Trinajstić information content (AvgIpc) is 2.82. The predicted octanol–water partition coefficient (Wildman–Crippen LogP) is 4.52. The van der Waals surface area contributed by atoms with E-state index in [1.807, 2.05) is 18.2 Å². The second-order valence-corrected chi connectivity index (χ2v) is 7.77. The second-order valence-electron chi connectivity index (χ2n) is 7.77. The van der Waals surface area contributed by atoms with Gasteiger partial charge in [-0.1, -0.05) is 18.2 Å². The molecule has 0 unspecified atom stereocenters. The molecule has 36 heavy (non-hydrogen) atoms. The van der Waals surface area contributed by atoms with E-state index in [-0.39, 0.29) is 31.0 Å². The van der Waals surface area contributed by atoms with Crippen molar-refractivity contribution in [3.63, 3.8) is 0 Å². The number of carbonyl (C=O) groups is 2. The van der Waals surface area contributed by atoms with Crippen LogP contribution in [0.2, 0.25) is 0 Å². The predicted molar refractivity (Wildman–Crippen MR) is 116 cm³/mol. The third-order valence-electron chi connectivity index (χ3n) is 4.93. The van der Waals surface area contributed by atoms with Crippen LogP contribution in [0.1, 0.15) is 24.1 Å². The van der Waals surface area contributed by atoms with E-state index in [4.69, 9.17) is 20.4 Å². The standard InChI is InChI=1S/C20H23F3N4O2.C2HF3O2/c21-20(22,23)17-9-15(11-24)10-18(26-17)29-13-14-5-4-8-27(12-14)19(28)25-16-6-2-1-3-7-16;3-2(4,5)1(6)7/h1-3,6-7,9-10,14H,4-5,8,11-13,24H2,(H,25,28);(H,6,7)/t14-;/m0./s1. The molecule has 8 nitrogen and oxygen atoms in total. The number of piperidine rings is 1. The average molecular weight is 522 g/mol. The number of nitrogens with two attached hydrogens (primary N) is 1. The molecule has 1 aromatic heterocycles. The van der Waals surface area contributed by atoms with Gasteiger partial charge in [-0.2, -0.15) is 26.3 Å². The number of halogens is 6. The molecule has 1 saturated heterocycles. The number of ether oxygens (including phenoxy) is 1. The molecule has 2 aromatic rings. The largest absolute Gasteiger partial charge is 0.490 e. The molecule has 14 heteroatoms. The van der Waals surface area contributed by atoms with Crippen LogP contribution in [0.3, 0.4) is 0 Å². The number of benzene rings is 1. The number of likely N-dealkylation sites (tertiary alicyclic amines) is 1. The number of carboxylic acids is 1. The molecule has 0 radical (unpaired) electrons. The van der Waals surface area contributed by atoms with E-state index in [2.05, 4.69) is 10.3 Å². The van der Waals surface area contributed by atoms with Crippen molar-refractivity contribution in [3.05, 3.63) is 53.7 Å². The van der Waals surface area contributed by atoms with Gasteiger partial charge in [0.25, 0.3) is 0 Å². The number of amides is 2. The molecule has 0 bridgehead atoms. The number of nitrogens with one attached hydrogen (secondary N) is 1. The van der Waals surface area contributed by atoms with E-state index < -0.39 is 24.0 Å². The van der Waals surface area contributed by atoms with Crippen molar-refractivity contribution >= 4 is 17.7 Å². The summed E-state index contributed by atoms with van der Waals surface area (Å²) in [6.45, 7) is 1.21. The lowest BCUT2D eigenvalue weighted by Crippen LogP contribution is -2.43. The molecule has 0 saturated carbocycles. The molecule has 2 amide bonds. The van der Waals surface area contributed by atoms with Crippen LogP contribution >= 0.6 is 0 Å². The summed E-state index contributed by atoms with van der Waals surface area (Å²) >= 11 is 0. The highest BCUT2D eigenvalue weighted by Crippen LogP contribution is 2.30. The topological polar surface area (TPSA) is 118 Å². The number of carboxylic acid groups (broad SMARTS) is 1. The fraction of sp³-hybridized carbons (Fsp3) is 0.409. The zero-order chi connectivity index (χ0) is 26.9. The number of aromatic nitrogens is 1. The molecule has 198 valence electrons. The third-order valence-corrected chi connectivity index (χ3v) is 4.93. The highest BCUT2D eigenvalue weighted by Gasteiger charge is 2.38. The SMILES string of the molecule is NCc1cc(OC[C@H]2CCCN(C(=O)Nc3ccccc3)C2)nc(C(F)(F)F)c1.O=C(O)C(F)(F)F. The Morgan fingerprint density at radius 1 is 1.14 bits per heavy atom. The monoisotopic (exact) mass is 522 g/mol. The molecule has 0 spiro atoms. The number of aliphatic carboxylic acids is 1. The fourth-order valence-electron chi connectivity index (χ4n) is 3.21. The highest BCUT2D eigenvalue weighted by molar-refractivity contribution is 5.89. The second kappa shape index (κ2) is 12.4. The van der Waals surface area contributed by atoms with Crippen molar-refractivity contribution in [2.24, 2.45) is 11.7 Å². The summed E-state index contributed by atoms with van der Waals surface area (Å²) in [6, 6.07) is 11.3. The number of rotatable bonds is 5. The Labute approximate surface area is 202 Å². The van der Waals surface area contributed by atoms with Crippen LogP contribution < -0.4 is 15.8 Å². The molecular weight excluding hydrogens is 498 g/mol. The Morgan fingerprint density at radius 3 is 2.33 bits per heavy atom. The van der Waals surface area contributed by atoms with E-state index in [1.54, 1.807) is 17.0 Å². The van der Waals surface area contributed by atoms with Crippen LogP contribution in [0, 0.1) is 5.92 Å². The van der Waals surface area contributed by atoms with Gasteiger partial charge in [0.05, 0.1) is 6.61 Å². The van der Waals surface area contributed by atoms with E-state index in [9.17, 15) is 31.1 Å². The Hall–Kier alpha value is -3.55. The van der Waals surface area contributed by atoms with Crippen LogP contribution in [0.15, 0.2) is 42.5 Å². The van der Waals surface area contributed by atoms with Crippen LogP contribution in [-0.2, 0) is 17.5 Å². The summed E-state index contributed by atoms with van der Waals surface area (Å²) in [5.41, 5.74) is 5.47. The maximum Gasteiger partial charge on any atom is 0.490 e. The molecular formula is C22H24F6N4O4. The first kappa shape index (κ1) is 28.7. The molecule has 4 N–H and O–H groups in total. The van der Waals surface area contributed by atoms with Gasteiger partial charge in [-0.3, -0.25) is 0 Å². The number of anilines is 1. The van der Waals surface area contributed by atoms with Gasteiger partial charge in [0, 0.05) is 37.3 Å². The number of hydrogen-bond donors (Lipinski definition) is 3. The lowest BCUT2D eigenvalue weighted by molar-refractivity contribution is -0.192. The van der Waals surface area contributed by atoms with E-state index in [1.165, 1.54) is 6.07 Å². The summed E-state index contributed by atoms with van der Waals surface area (Å²) in [5.74, 6) is -2.86. The van der Waals surface area contributed by atoms with Crippen LogP contribution in [0.5, 0.6) is 5.88 Å². The number of alkyl halides is 6. The van der Waals surface area contributed by atoms with Gasteiger partial charge in [0.1, 0.15) is 5.69 Å². The van der Waals surface area contributed by atoms with E-state index in [0.717, 1.165) is 18.9 Å². The first-order valence-electron chi connectivity index (χ1n) is 10.6. The highest BCUT2D eigenvalue weighted by atomic mass is 19.4. The van der Waals surface area contributed by atoms with Gasteiger partial charge in [0.15, 0.2) is 0 Å². The van der Waals surface area contributed by atoms with Gasteiger partial charge in [0.2, 0.25) is 5.88 Å². The van der Waals surface area contributed by atoms with Gasteiger partial charge in [-0.25, -0.2) is 14.6 Å². The normalized spacial score (nSPS) is 16.0.